The lowest BCUT2D eigenvalue weighted by Gasteiger charge is -2.17. The van der Waals surface area contributed by atoms with Gasteiger partial charge in [-0.1, -0.05) is 15.9 Å². The fourth-order valence-corrected chi connectivity index (χ4v) is 1.86. The minimum Gasteiger partial charge on any atom is -0.481 e. The molecule has 1 amide bonds. The Kier molecular flexibility index (Phi) is 7.14. The van der Waals surface area contributed by atoms with E-state index in [1.165, 1.54) is 24.1 Å². The molecule has 0 aliphatic rings. The third kappa shape index (κ3) is 6.12. The molecule has 0 aromatic heterocycles. The summed E-state index contributed by atoms with van der Waals surface area (Å²) in [6.45, 7) is 0.146. The zero-order valence-electron chi connectivity index (χ0n) is 11.9. The van der Waals surface area contributed by atoms with Crippen LogP contribution < -0.4 is 4.74 Å². The van der Waals surface area contributed by atoms with Crippen molar-refractivity contribution >= 4 is 27.8 Å². The number of ether oxygens (including phenoxy) is 2. The van der Waals surface area contributed by atoms with E-state index in [4.69, 9.17) is 4.74 Å². The van der Waals surface area contributed by atoms with Crippen molar-refractivity contribution in [3.63, 3.8) is 0 Å². The van der Waals surface area contributed by atoms with Crippen LogP contribution in [0.25, 0.3) is 0 Å². The quantitative estimate of drug-likeness (QED) is 0.699. The maximum atomic E-state index is 13.5. The van der Waals surface area contributed by atoms with Crippen molar-refractivity contribution < 1.29 is 23.5 Å². The van der Waals surface area contributed by atoms with Crippen molar-refractivity contribution in [3.8, 4) is 5.75 Å². The molecule has 0 aliphatic heterocycles. The number of likely N-dealkylation sites (N-methyl/N-ethyl adjacent to an activating group) is 1. The molecule has 0 unspecified atom stereocenters. The van der Waals surface area contributed by atoms with Gasteiger partial charge in [0.25, 0.3) is 5.91 Å². The zero-order valence-corrected chi connectivity index (χ0v) is 13.5. The van der Waals surface area contributed by atoms with Crippen molar-refractivity contribution in [3.05, 3.63) is 28.5 Å². The maximum absolute atomic E-state index is 13.5. The first-order chi connectivity index (χ1) is 9.93. The lowest BCUT2D eigenvalue weighted by molar-refractivity contribution is -0.141. The van der Waals surface area contributed by atoms with Gasteiger partial charge in [-0.2, -0.15) is 0 Å². The molecule has 0 spiro atoms. The number of hydrogen-bond acceptors (Lipinski definition) is 4. The average molecular weight is 362 g/mol. The van der Waals surface area contributed by atoms with E-state index in [0.717, 1.165) is 0 Å². The number of rotatable bonds is 7. The van der Waals surface area contributed by atoms with Gasteiger partial charge in [0.15, 0.2) is 18.2 Å². The molecule has 5 nitrogen and oxygen atoms in total. The number of methoxy groups -OCH3 is 1. The van der Waals surface area contributed by atoms with E-state index in [-0.39, 0.29) is 30.7 Å². The summed E-state index contributed by atoms with van der Waals surface area (Å²) in [5.41, 5.74) is 0. The minimum absolute atomic E-state index is 0.0227. The molecule has 0 aliphatic carbocycles. The molecule has 1 aromatic carbocycles. The first-order valence-electron chi connectivity index (χ1n) is 6.32. The first kappa shape index (κ1) is 17.4. The minimum atomic E-state index is -0.537. The number of amides is 1. The molecule has 0 radical (unpaired) electrons. The van der Waals surface area contributed by atoms with Crippen molar-refractivity contribution in [1.82, 2.24) is 4.90 Å². The number of halogens is 2. The van der Waals surface area contributed by atoms with Crippen LogP contribution in [0, 0.1) is 5.82 Å². The van der Waals surface area contributed by atoms with Gasteiger partial charge in [-0.05, 0) is 24.6 Å². The summed E-state index contributed by atoms with van der Waals surface area (Å²) < 4.78 is 23.7. The monoisotopic (exact) mass is 361 g/mol. The third-order valence-electron chi connectivity index (χ3n) is 2.77. The van der Waals surface area contributed by atoms with E-state index in [1.54, 1.807) is 13.1 Å². The van der Waals surface area contributed by atoms with Gasteiger partial charge in [0.1, 0.15) is 0 Å². The van der Waals surface area contributed by atoms with E-state index in [9.17, 15) is 14.0 Å². The van der Waals surface area contributed by atoms with Crippen LogP contribution in [0.1, 0.15) is 12.8 Å². The Hall–Kier alpha value is -1.63. The standard InChI is InChI=1S/C14H17BrFNO4/c1-17(7-3-4-14(19)20-2)13(18)9-21-12-6-5-10(15)8-11(12)16/h5-6,8H,3-4,7,9H2,1-2H3. The molecule has 0 fully saturated rings. The second-order valence-corrected chi connectivity index (χ2v) is 5.27. The third-order valence-corrected chi connectivity index (χ3v) is 3.27. The van der Waals surface area contributed by atoms with Crippen LogP contribution in [0.15, 0.2) is 22.7 Å². The van der Waals surface area contributed by atoms with Crippen LogP contribution in [0.2, 0.25) is 0 Å². The molecular weight excluding hydrogens is 345 g/mol. The molecule has 1 aromatic rings. The number of benzene rings is 1. The van der Waals surface area contributed by atoms with Crippen molar-refractivity contribution in [2.75, 3.05) is 27.3 Å². The molecule has 0 saturated heterocycles. The Labute approximate surface area is 131 Å². The number of nitrogens with zero attached hydrogens (tertiary/aromatic N) is 1. The summed E-state index contributed by atoms with van der Waals surface area (Å²) in [6, 6.07) is 4.34. The van der Waals surface area contributed by atoms with Gasteiger partial charge in [0.05, 0.1) is 7.11 Å². The predicted octanol–water partition coefficient (Wildman–Crippen LogP) is 2.38. The molecule has 1 rings (SSSR count). The Morgan fingerprint density at radius 2 is 2.10 bits per heavy atom. The Morgan fingerprint density at radius 3 is 2.71 bits per heavy atom. The molecule has 7 heteroatoms. The maximum Gasteiger partial charge on any atom is 0.305 e. The molecule has 0 bridgehead atoms. The van der Waals surface area contributed by atoms with Gasteiger partial charge in [-0.25, -0.2) is 4.39 Å². The van der Waals surface area contributed by atoms with E-state index in [1.807, 2.05) is 0 Å². The van der Waals surface area contributed by atoms with Gasteiger partial charge in [-0.15, -0.1) is 0 Å². The predicted molar refractivity (Wildman–Crippen MR) is 78.5 cm³/mol. The topological polar surface area (TPSA) is 55.8 Å². The highest BCUT2D eigenvalue weighted by atomic mass is 79.9. The number of hydrogen-bond donors (Lipinski definition) is 0. The average Bonchev–Trinajstić information content (AvgIpc) is 2.45. The largest absolute Gasteiger partial charge is 0.481 e. The molecular formula is C14H17BrFNO4. The number of esters is 1. The second kappa shape index (κ2) is 8.61. The van der Waals surface area contributed by atoms with Crippen LogP contribution in [0.5, 0.6) is 5.75 Å². The molecule has 0 N–H and O–H groups in total. The van der Waals surface area contributed by atoms with E-state index in [0.29, 0.717) is 17.4 Å². The van der Waals surface area contributed by atoms with Crippen LogP contribution >= 0.6 is 15.9 Å². The van der Waals surface area contributed by atoms with Gasteiger partial charge < -0.3 is 14.4 Å². The summed E-state index contributed by atoms with van der Waals surface area (Å²) in [7, 11) is 2.92. The van der Waals surface area contributed by atoms with Crippen molar-refractivity contribution in [1.29, 1.82) is 0 Å². The number of carbonyl (C=O) groups is 2. The van der Waals surface area contributed by atoms with E-state index >= 15 is 0 Å². The second-order valence-electron chi connectivity index (χ2n) is 4.36. The van der Waals surface area contributed by atoms with Crippen molar-refractivity contribution in [2.45, 2.75) is 12.8 Å². The van der Waals surface area contributed by atoms with Gasteiger partial charge in [0, 0.05) is 24.5 Å². The van der Waals surface area contributed by atoms with Crippen LogP contribution in [0.4, 0.5) is 4.39 Å². The SMILES string of the molecule is COC(=O)CCCN(C)C(=O)COc1ccc(Br)cc1F. The molecule has 116 valence electrons. The molecule has 21 heavy (non-hydrogen) atoms. The molecule has 0 heterocycles. The van der Waals surface area contributed by atoms with Crippen LogP contribution in [-0.2, 0) is 14.3 Å². The fraction of sp³-hybridized carbons (Fsp3) is 0.429. The summed E-state index contributed by atoms with van der Waals surface area (Å²) >= 11 is 3.14. The summed E-state index contributed by atoms with van der Waals surface area (Å²) in [4.78, 5) is 24.2. The van der Waals surface area contributed by atoms with E-state index in [2.05, 4.69) is 20.7 Å². The summed E-state index contributed by atoms with van der Waals surface area (Å²) in [6.07, 6.45) is 0.748. The smallest absolute Gasteiger partial charge is 0.305 e. The van der Waals surface area contributed by atoms with Crippen molar-refractivity contribution in [2.24, 2.45) is 0 Å². The normalized spacial score (nSPS) is 10.1. The van der Waals surface area contributed by atoms with Gasteiger partial charge in [-0.3, -0.25) is 9.59 Å². The summed E-state index contributed by atoms with van der Waals surface area (Å²) in [5.74, 6) is -1.12. The Bertz CT molecular complexity index is 510. The van der Waals surface area contributed by atoms with Gasteiger partial charge >= 0.3 is 5.97 Å². The number of carbonyl (C=O) groups excluding carboxylic acids is 2. The fourth-order valence-electron chi connectivity index (χ4n) is 1.53. The highest BCUT2D eigenvalue weighted by Gasteiger charge is 2.12. The van der Waals surface area contributed by atoms with Gasteiger partial charge in [0.2, 0.25) is 0 Å². The summed E-state index contributed by atoms with van der Waals surface area (Å²) in [5, 5.41) is 0. The highest BCUT2D eigenvalue weighted by molar-refractivity contribution is 9.10. The lowest BCUT2D eigenvalue weighted by atomic mass is 10.3. The Balaban J connectivity index is 2.37. The highest BCUT2D eigenvalue weighted by Crippen LogP contribution is 2.21. The zero-order chi connectivity index (χ0) is 15.8. The van der Waals surface area contributed by atoms with Crippen LogP contribution in [-0.4, -0.2) is 44.1 Å². The lowest BCUT2D eigenvalue weighted by Crippen LogP contribution is -2.32. The first-order valence-corrected chi connectivity index (χ1v) is 7.12. The Morgan fingerprint density at radius 1 is 1.38 bits per heavy atom. The molecule has 0 atom stereocenters. The van der Waals surface area contributed by atoms with E-state index < -0.39 is 5.82 Å². The molecule has 0 saturated carbocycles. The van der Waals surface area contributed by atoms with Crippen LogP contribution in [0.3, 0.4) is 0 Å².